The molecule has 1 aromatic carbocycles. The van der Waals surface area contributed by atoms with E-state index in [9.17, 15) is 17.6 Å². The normalized spacial score (nSPS) is 14.1. The van der Waals surface area contributed by atoms with Crippen molar-refractivity contribution in [1.29, 1.82) is 0 Å². The summed E-state index contributed by atoms with van der Waals surface area (Å²) >= 11 is 0. The number of rotatable bonds is 8. The maximum Gasteiger partial charge on any atom is 0.232 e. The van der Waals surface area contributed by atoms with Gasteiger partial charge in [0.25, 0.3) is 0 Å². The number of nitrogens with one attached hydrogen (secondary N) is 2. The van der Waals surface area contributed by atoms with Crippen molar-refractivity contribution in [3.63, 3.8) is 0 Å². The van der Waals surface area contributed by atoms with Crippen molar-refractivity contribution in [1.82, 2.24) is 15.0 Å². The zero-order chi connectivity index (χ0) is 26.9. The number of hydrogen-bond acceptors (Lipinski definition) is 7. The zero-order valence-electron chi connectivity index (χ0n) is 20.5. The molecule has 0 saturated carbocycles. The number of pyridine rings is 2. The summed E-state index contributed by atoms with van der Waals surface area (Å²) < 4.78 is 61.7. The fourth-order valence-electron chi connectivity index (χ4n) is 4.35. The summed E-state index contributed by atoms with van der Waals surface area (Å²) in [5, 5.41) is 0.362. The highest BCUT2D eigenvalue weighted by molar-refractivity contribution is 7.92. The SMILES string of the molecule is CCCS(=O)(=O)Nc1ccc(F)c(C(=O)c2c[nH]c3ncc(-c4ccc(N5CCOCC5)nc4)cc23)c1F. The number of carbonyl (C=O) groups is 1. The van der Waals surface area contributed by atoms with E-state index in [-0.39, 0.29) is 11.3 Å². The van der Waals surface area contributed by atoms with Crippen molar-refractivity contribution in [2.45, 2.75) is 13.3 Å². The molecule has 1 aliphatic heterocycles. The molecule has 3 aromatic heterocycles. The number of aromatic amines is 1. The van der Waals surface area contributed by atoms with Crippen LogP contribution >= 0.6 is 0 Å². The number of ketones is 1. The van der Waals surface area contributed by atoms with Gasteiger partial charge in [-0.25, -0.2) is 27.2 Å². The van der Waals surface area contributed by atoms with Crippen molar-refractivity contribution >= 4 is 38.3 Å². The lowest BCUT2D eigenvalue weighted by Gasteiger charge is -2.27. The number of fused-ring (bicyclic) bond motifs is 1. The summed E-state index contributed by atoms with van der Waals surface area (Å²) in [5.74, 6) is -2.75. The molecule has 9 nitrogen and oxygen atoms in total. The Morgan fingerprint density at radius 3 is 2.58 bits per heavy atom. The molecule has 2 N–H and O–H groups in total. The molecule has 1 saturated heterocycles. The van der Waals surface area contributed by atoms with Crippen molar-refractivity contribution in [3.8, 4) is 11.1 Å². The van der Waals surface area contributed by atoms with Crippen LogP contribution in [0.2, 0.25) is 0 Å². The van der Waals surface area contributed by atoms with Gasteiger partial charge < -0.3 is 14.6 Å². The quantitative estimate of drug-likeness (QED) is 0.322. The Bertz CT molecular complexity index is 1600. The lowest BCUT2D eigenvalue weighted by atomic mass is 10.00. The average molecular weight is 542 g/mol. The number of nitrogens with zero attached hydrogens (tertiary/aromatic N) is 3. The van der Waals surface area contributed by atoms with E-state index in [0.717, 1.165) is 36.6 Å². The van der Waals surface area contributed by atoms with Gasteiger partial charge in [0.2, 0.25) is 15.8 Å². The van der Waals surface area contributed by atoms with E-state index in [4.69, 9.17) is 4.74 Å². The summed E-state index contributed by atoms with van der Waals surface area (Å²) in [4.78, 5) is 27.2. The lowest BCUT2D eigenvalue weighted by Crippen LogP contribution is -2.36. The van der Waals surface area contributed by atoms with Crippen LogP contribution in [0, 0.1) is 11.6 Å². The predicted molar refractivity (Wildman–Crippen MR) is 140 cm³/mol. The number of carbonyl (C=O) groups excluding carboxylic acids is 1. The third-order valence-electron chi connectivity index (χ3n) is 6.25. The van der Waals surface area contributed by atoms with Crippen LogP contribution in [0.4, 0.5) is 20.3 Å². The first-order chi connectivity index (χ1) is 18.3. The van der Waals surface area contributed by atoms with Crippen molar-refractivity contribution in [2.24, 2.45) is 0 Å². The van der Waals surface area contributed by atoms with Gasteiger partial charge >= 0.3 is 0 Å². The lowest BCUT2D eigenvalue weighted by molar-refractivity contribution is 0.103. The van der Waals surface area contributed by atoms with E-state index in [1.807, 2.05) is 12.1 Å². The summed E-state index contributed by atoms with van der Waals surface area (Å²) in [6.07, 6.45) is 4.95. The number of hydrogen-bond donors (Lipinski definition) is 2. The highest BCUT2D eigenvalue weighted by Gasteiger charge is 2.26. The number of anilines is 2. The van der Waals surface area contributed by atoms with Gasteiger partial charge in [-0.05, 0) is 36.8 Å². The van der Waals surface area contributed by atoms with Gasteiger partial charge in [-0.2, -0.15) is 0 Å². The summed E-state index contributed by atoms with van der Waals surface area (Å²) in [5.41, 5.74) is 0.418. The van der Waals surface area contributed by atoms with Crippen LogP contribution in [-0.2, 0) is 14.8 Å². The molecule has 4 aromatic rings. The third-order valence-corrected chi connectivity index (χ3v) is 7.73. The zero-order valence-corrected chi connectivity index (χ0v) is 21.3. The van der Waals surface area contributed by atoms with Crippen LogP contribution in [0.25, 0.3) is 22.2 Å². The predicted octanol–water partition coefficient (Wildman–Crippen LogP) is 4.12. The third kappa shape index (κ3) is 5.09. The molecule has 0 spiro atoms. The van der Waals surface area contributed by atoms with E-state index in [0.29, 0.717) is 36.2 Å². The second-order valence-corrected chi connectivity index (χ2v) is 10.7. The smallest absolute Gasteiger partial charge is 0.232 e. The summed E-state index contributed by atoms with van der Waals surface area (Å²) in [6, 6.07) is 7.29. The minimum absolute atomic E-state index is 0.00129. The van der Waals surface area contributed by atoms with Gasteiger partial charge in [0.15, 0.2) is 5.82 Å². The molecule has 1 aliphatic rings. The second kappa shape index (κ2) is 10.5. The average Bonchev–Trinajstić information content (AvgIpc) is 3.34. The van der Waals surface area contributed by atoms with Crippen LogP contribution in [0.5, 0.6) is 0 Å². The van der Waals surface area contributed by atoms with Gasteiger partial charge in [-0.1, -0.05) is 6.92 Å². The van der Waals surface area contributed by atoms with E-state index in [1.54, 1.807) is 25.4 Å². The topological polar surface area (TPSA) is 117 Å². The van der Waals surface area contributed by atoms with Crippen LogP contribution in [-0.4, -0.2) is 61.2 Å². The van der Waals surface area contributed by atoms with Gasteiger partial charge in [0.05, 0.1) is 30.2 Å². The molecule has 198 valence electrons. The van der Waals surface area contributed by atoms with Gasteiger partial charge in [0.1, 0.15) is 17.3 Å². The number of sulfonamides is 1. The molecule has 0 radical (unpaired) electrons. The molecule has 38 heavy (non-hydrogen) atoms. The molecule has 5 rings (SSSR count). The monoisotopic (exact) mass is 541 g/mol. The Labute approximate surface area is 217 Å². The number of benzene rings is 1. The first-order valence-electron chi connectivity index (χ1n) is 12.1. The maximum absolute atomic E-state index is 15.2. The Morgan fingerprint density at radius 2 is 1.87 bits per heavy atom. The maximum atomic E-state index is 15.2. The largest absolute Gasteiger partial charge is 0.378 e. The molecule has 0 aliphatic carbocycles. The first kappa shape index (κ1) is 25.7. The van der Waals surface area contributed by atoms with Crippen molar-refractivity contribution < 1.29 is 26.7 Å². The second-order valence-electron chi connectivity index (χ2n) is 8.86. The Hall–Kier alpha value is -3.90. The van der Waals surface area contributed by atoms with E-state index < -0.39 is 38.7 Å². The molecular weight excluding hydrogens is 516 g/mol. The van der Waals surface area contributed by atoms with Gasteiger partial charge in [0, 0.05) is 53.8 Å². The Balaban J connectivity index is 1.48. The fourth-order valence-corrected chi connectivity index (χ4v) is 5.48. The number of H-pyrrole nitrogens is 1. The van der Waals surface area contributed by atoms with Crippen LogP contribution in [0.3, 0.4) is 0 Å². The molecular formula is C26H25F2N5O4S. The van der Waals surface area contributed by atoms with E-state index in [2.05, 4.69) is 24.6 Å². The minimum atomic E-state index is -3.85. The standard InChI is InChI=1S/C26H25F2N5O4S/c1-2-11-38(35,36)32-21-5-4-20(27)23(24(21)28)25(34)19-15-31-26-18(19)12-17(14-30-26)16-3-6-22(29-13-16)33-7-9-37-10-8-33/h3-6,12-15,32H,2,7-11H2,1H3,(H,30,31). The molecule has 4 heterocycles. The molecule has 0 bridgehead atoms. The molecule has 1 fully saturated rings. The van der Waals surface area contributed by atoms with E-state index >= 15 is 4.39 Å². The Kier molecular flexibility index (Phi) is 7.09. The van der Waals surface area contributed by atoms with Crippen molar-refractivity contribution in [3.05, 3.63) is 71.7 Å². The van der Waals surface area contributed by atoms with Gasteiger partial charge in [-0.3, -0.25) is 9.52 Å². The number of ether oxygens (including phenoxy) is 1. The molecule has 12 heteroatoms. The van der Waals surface area contributed by atoms with Crippen LogP contribution in [0.15, 0.2) is 48.9 Å². The molecule has 0 atom stereocenters. The summed E-state index contributed by atoms with van der Waals surface area (Å²) in [7, 11) is -3.85. The van der Waals surface area contributed by atoms with Crippen LogP contribution in [0.1, 0.15) is 29.3 Å². The molecule has 0 unspecified atom stereocenters. The fraction of sp³-hybridized carbons (Fsp3) is 0.269. The van der Waals surface area contributed by atoms with Crippen LogP contribution < -0.4 is 9.62 Å². The number of halogens is 2. The molecule has 0 amide bonds. The van der Waals surface area contributed by atoms with Crippen molar-refractivity contribution in [2.75, 3.05) is 41.7 Å². The number of morpholine rings is 1. The highest BCUT2D eigenvalue weighted by Crippen LogP contribution is 2.30. The first-order valence-corrected chi connectivity index (χ1v) is 13.7. The van der Waals surface area contributed by atoms with Gasteiger partial charge in [-0.15, -0.1) is 0 Å². The number of aromatic nitrogens is 3. The Morgan fingerprint density at radius 1 is 1.11 bits per heavy atom. The highest BCUT2D eigenvalue weighted by atomic mass is 32.2. The van der Waals surface area contributed by atoms with E-state index in [1.165, 1.54) is 6.20 Å². The summed E-state index contributed by atoms with van der Waals surface area (Å²) in [6.45, 7) is 4.45. The minimum Gasteiger partial charge on any atom is -0.378 e.